The van der Waals surface area contributed by atoms with Crippen LogP contribution in [0.1, 0.15) is 23.3 Å². The molecule has 1 aromatic heterocycles. The summed E-state index contributed by atoms with van der Waals surface area (Å²) in [6.45, 7) is 3.67. The lowest BCUT2D eigenvalue weighted by molar-refractivity contribution is 0.114. The van der Waals surface area contributed by atoms with Crippen LogP contribution < -0.4 is 10.7 Å². The van der Waals surface area contributed by atoms with Gasteiger partial charge in [-0.2, -0.15) is 5.10 Å². The number of thiocarbonyl (C=S) groups is 1. The van der Waals surface area contributed by atoms with E-state index in [0.717, 1.165) is 30.9 Å². The summed E-state index contributed by atoms with van der Waals surface area (Å²) in [7, 11) is 0. The van der Waals surface area contributed by atoms with Gasteiger partial charge in [0.2, 0.25) is 0 Å². The van der Waals surface area contributed by atoms with E-state index >= 15 is 0 Å². The van der Waals surface area contributed by atoms with Crippen LogP contribution in [0.3, 0.4) is 0 Å². The van der Waals surface area contributed by atoms with E-state index in [2.05, 4.69) is 28.8 Å². The number of hydrogen-bond acceptors (Lipinski definition) is 4. The summed E-state index contributed by atoms with van der Waals surface area (Å²) < 4.78 is 5.50. The van der Waals surface area contributed by atoms with Gasteiger partial charge in [0.15, 0.2) is 5.11 Å². The first-order chi connectivity index (χ1) is 8.75. The molecule has 1 aliphatic rings. The van der Waals surface area contributed by atoms with Crippen molar-refractivity contribution in [3.63, 3.8) is 0 Å². The van der Waals surface area contributed by atoms with E-state index in [4.69, 9.17) is 17.0 Å². The maximum absolute atomic E-state index is 5.50. The highest BCUT2D eigenvalue weighted by molar-refractivity contribution is 7.80. The molecule has 1 atom stereocenters. The topological polar surface area (TPSA) is 45.7 Å². The second-order valence-corrected chi connectivity index (χ2v) is 5.54. The molecule has 0 saturated carbocycles. The van der Waals surface area contributed by atoms with Gasteiger partial charge < -0.3 is 10.1 Å². The zero-order valence-corrected chi connectivity index (χ0v) is 11.9. The van der Waals surface area contributed by atoms with Gasteiger partial charge in [-0.25, -0.2) is 0 Å². The lowest BCUT2D eigenvalue weighted by Gasteiger charge is -2.11. The Morgan fingerprint density at radius 2 is 2.61 bits per heavy atom. The molecular formula is C12H17N3OS2. The van der Waals surface area contributed by atoms with E-state index in [9.17, 15) is 0 Å². The largest absolute Gasteiger partial charge is 0.376 e. The fraction of sp³-hybridized carbons (Fsp3) is 0.500. The average molecular weight is 283 g/mol. The third kappa shape index (κ3) is 4.04. The molecule has 0 spiro atoms. The number of nitrogens with one attached hydrogen (secondary N) is 2. The number of aryl methyl sites for hydroxylation is 1. The zero-order valence-electron chi connectivity index (χ0n) is 10.3. The number of thiophene rings is 1. The van der Waals surface area contributed by atoms with Gasteiger partial charge in [0.05, 0.1) is 12.3 Å². The molecule has 0 aromatic carbocycles. The summed E-state index contributed by atoms with van der Waals surface area (Å²) in [4.78, 5) is 1.14. The monoisotopic (exact) mass is 283 g/mol. The Morgan fingerprint density at radius 1 is 1.72 bits per heavy atom. The van der Waals surface area contributed by atoms with Crippen molar-refractivity contribution in [1.82, 2.24) is 10.7 Å². The highest BCUT2D eigenvalue weighted by Crippen LogP contribution is 2.12. The fourth-order valence-electron chi connectivity index (χ4n) is 1.72. The summed E-state index contributed by atoms with van der Waals surface area (Å²) in [5.74, 6) is 0. The highest BCUT2D eigenvalue weighted by Gasteiger charge is 2.14. The third-order valence-corrected chi connectivity index (χ3v) is 3.95. The molecule has 6 heteroatoms. The van der Waals surface area contributed by atoms with Crippen molar-refractivity contribution >= 4 is 34.9 Å². The van der Waals surface area contributed by atoms with Crippen LogP contribution >= 0.6 is 23.6 Å². The number of hydrazone groups is 1. The zero-order chi connectivity index (χ0) is 12.8. The van der Waals surface area contributed by atoms with E-state index < -0.39 is 0 Å². The number of hydrogen-bond donors (Lipinski definition) is 2. The molecule has 0 amide bonds. The minimum atomic E-state index is 0.285. The molecule has 1 aliphatic heterocycles. The number of nitrogens with zero attached hydrogens (tertiary/aromatic N) is 1. The highest BCUT2D eigenvalue weighted by atomic mass is 32.1. The Morgan fingerprint density at radius 3 is 3.28 bits per heavy atom. The first-order valence-electron chi connectivity index (χ1n) is 5.98. The van der Waals surface area contributed by atoms with Gasteiger partial charge in [-0.3, -0.25) is 5.43 Å². The molecule has 1 fully saturated rings. The Bertz CT molecular complexity index is 425. The summed E-state index contributed by atoms with van der Waals surface area (Å²) in [5.41, 5.74) is 4.04. The predicted molar refractivity (Wildman–Crippen MR) is 79.4 cm³/mol. The van der Waals surface area contributed by atoms with Gasteiger partial charge in [0.25, 0.3) is 0 Å². The Balaban J connectivity index is 1.68. The maximum atomic E-state index is 5.50. The first kappa shape index (κ1) is 13.5. The van der Waals surface area contributed by atoms with E-state index in [-0.39, 0.29) is 6.10 Å². The molecule has 0 radical (unpaired) electrons. The average Bonchev–Trinajstić information content (AvgIpc) is 2.99. The molecule has 0 bridgehead atoms. The van der Waals surface area contributed by atoms with E-state index in [0.29, 0.717) is 5.11 Å². The SMILES string of the molecule is Cc1ccsc1/C=N/NC(=S)NCC1CCCO1. The molecule has 18 heavy (non-hydrogen) atoms. The van der Waals surface area contributed by atoms with Crippen molar-refractivity contribution in [1.29, 1.82) is 0 Å². The quantitative estimate of drug-likeness (QED) is 0.504. The summed E-state index contributed by atoms with van der Waals surface area (Å²) >= 11 is 6.79. The fourth-order valence-corrected chi connectivity index (χ4v) is 2.64. The van der Waals surface area contributed by atoms with E-state index in [1.165, 1.54) is 5.56 Å². The molecule has 2 N–H and O–H groups in total. The lowest BCUT2D eigenvalue weighted by atomic mass is 10.2. The van der Waals surface area contributed by atoms with Crippen LogP contribution in [0.5, 0.6) is 0 Å². The Kier molecular flexibility index (Phi) is 5.10. The van der Waals surface area contributed by atoms with Gasteiger partial charge in [-0.15, -0.1) is 11.3 Å². The third-order valence-electron chi connectivity index (χ3n) is 2.76. The maximum Gasteiger partial charge on any atom is 0.187 e. The lowest BCUT2D eigenvalue weighted by Crippen LogP contribution is -2.37. The molecule has 4 nitrogen and oxygen atoms in total. The van der Waals surface area contributed by atoms with Crippen molar-refractivity contribution in [3.05, 3.63) is 21.9 Å². The standard InChI is InChI=1S/C12H17N3OS2/c1-9-4-6-18-11(9)8-14-15-12(17)13-7-10-3-2-5-16-10/h4,6,8,10H,2-3,5,7H2,1H3,(H2,13,15,17)/b14-8+. The van der Waals surface area contributed by atoms with Crippen molar-refractivity contribution in [2.45, 2.75) is 25.9 Å². The Hall–Kier alpha value is -0.980. The molecular weight excluding hydrogens is 266 g/mol. The normalized spacial score (nSPS) is 19.3. The van der Waals surface area contributed by atoms with Crippen LogP contribution in [0.4, 0.5) is 0 Å². The summed E-state index contributed by atoms with van der Waals surface area (Å²) in [6.07, 6.45) is 4.32. The molecule has 1 saturated heterocycles. The van der Waals surface area contributed by atoms with Crippen molar-refractivity contribution in [3.8, 4) is 0 Å². The minimum Gasteiger partial charge on any atom is -0.376 e. The van der Waals surface area contributed by atoms with Gasteiger partial charge in [0, 0.05) is 18.0 Å². The molecule has 98 valence electrons. The molecule has 2 heterocycles. The Labute approximate surface area is 116 Å². The van der Waals surface area contributed by atoms with Crippen LogP contribution in [0, 0.1) is 6.92 Å². The molecule has 0 aliphatic carbocycles. The van der Waals surface area contributed by atoms with Crippen LogP contribution in [0.25, 0.3) is 0 Å². The predicted octanol–water partition coefficient (Wildman–Crippen LogP) is 2.03. The second-order valence-electron chi connectivity index (χ2n) is 4.18. The van der Waals surface area contributed by atoms with Gasteiger partial charge >= 0.3 is 0 Å². The van der Waals surface area contributed by atoms with Crippen molar-refractivity contribution in [2.24, 2.45) is 5.10 Å². The van der Waals surface area contributed by atoms with Crippen molar-refractivity contribution < 1.29 is 4.74 Å². The van der Waals surface area contributed by atoms with Crippen LogP contribution in [0.2, 0.25) is 0 Å². The minimum absolute atomic E-state index is 0.285. The van der Waals surface area contributed by atoms with Crippen molar-refractivity contribution in [2.75, 3.05) is 13.2 Å². The van der Waals surface area contributed by atoms with Crippen LogP contribution in [-0.4, -0.2) is 30.6 Å². The van der Waals surface area contributed by atoms with Gasteiger partial charge in [-0.1, -0.05) is 0 Å². The van der Waals surface area contributed by atoms with Crippen LogP contribution in [-0.2, 0) is 4.74 Å². The summed E-state index contributed by atoms with van der Waals surface area (Å²) in [6, 6.07) is 2.07. The molecule has 2 rings (SSSR count). The van der Waals surface area contributed by atoms with Crippen LogP contribution in [0.15, 0.2) is 16.5 Å². The second kappa shape index (κ2) is 6.82. The molecule has 1 aromatic rings. The smallest absolute Gasteiger partial charge is 0.187 e. The number of ether oxygens (including phenoxy) is 1. The summed E-state index contributed by atoms with van der Waals surface area (Å²) in [5, 5.41) is 9.80. The van der Waals surface area contributed by atoms with E-state index in [1.54, 1.807) is 17.6 Å². The molecule has 1 unspecified atom stereocenters. The number of rotatable bonds is 4. The first-order valence-corrected chi connectivity index (χ1v) is 7.27. The van der Waals surface area contributed by atoms with Gasteiger partial charge in [0.1, 0.15) is 0 Å². The van der Waals surface area contributed by atoms with Gasteiger partial charge in [-0.05, 0) is 49.0 Å². The van der Waals surface area contributed by atoms with E-state index in [1.807, 2.05) is 5.38 Å².